The maximum Gasteiger partial charge on any atom is 0.324 e. The summed E-state index contributed by atoms with van der Waals surface area (Å²) in [7, 11) is -3.83. The van der Waals surface area contributed by atoms with Crippen molar-refractivity contribution < 1.29 is 22.7 Å². The average molecular weight is 380 g/mol. The molecule has 2 heterocycles. The highest BCUT2D eigenvalue weighted by atomic mass is 32.2. The van der Waals surface area contributed by atoms with Crippen LogP contribution in [0.5, 0.6) is 0 Å². The number of benzene rings is 1. The van der Waals surface area contributed by atoms with Crippen LogP contribution >= 0.6 is 11.3 Å². The molecule has 2 aromatic rings. The molecular formula is C16H16N2O5S2. The number of ether oxygens (including phenoxy) is 1. The van der Waals surface area contributed by atoms with Crippen LogP contribution in [0.25, 0.3) is 0 Å². The van der Waals surface area contributed by atoms with Crippen molar-refractivity contribution in [3.05, 3.63) is 46.2 Å². The monoisotopic (exact) mass is 380 g/mol. The molecule has 7 nitrogen and oxygen atoms in total. The summed E-state index contributed by atoms with van der Waals surface area (Å²) in [6.07, 6.45) is 0.312. The molecule has 1 aromatic carbocycles. The molecule has 1 amide bonds. The molecule has 0 bridgehead atoms. The molecule has 9 heteroatoms. The van der Waals surface area contributed by atoms with Crippen molar-refractivity contribution in [1.82, 2.24) is 4.72 Å². The summed E-state index contributed by atoms with van der Waals surface area (Å²) in [4.78, 5) is 24.2. The number of hydrogen-bond donors (Lipinski definition) is 2. The number of carbonyl (C=O) groups is 2. The van der Waals surface area contributed by atoms with Crippen LogP contribution in [0.3, 0.4) is 0 Å². The van der Waals surface area contributed by atoms with Crippen molar-refractivity contribution in [2.45, 2.75) is 24.3 Å². The number of nitrogens with one attached hydrogen (secondary N) is 2. The lowest BCUT2D eigenvalue weighted by atomic mass is 10.2. The standard InChI is InChI=1S/C16H16N2O5S2/c1-10-7-9-24-14(10)15(19)17-11-2-4-12(5-3-11)25(21,22)18-13-6-8-23-16(13)20/h2-5,7,9,13,18H,6,8H2,1H3,(H,17,19). The molecule has 1 saturated heterocycles. The van der Waals surface area contributed by atoms with Crippen LogP contribution in [0.4, 0.5) is 5.69 Å². The SMILES string of the molecule is Cc1ccsc1C(=O)Nc1ccc(S(=O)(=O)NC2CCOC2=O)cc1. The van der Waals surface area contributed by atoms with Gasteiger partial charge in [-0.15, -0.1) is 11.3 Å². The molecule has 1 aromatic heterocycles. The Morgan fingerprint density at radius 3 is 2.52 bits per heavy atom. The van der Waals surface area contributed by atoms with Crippen LogP contribution in [0.2, 0.25) is 0 Å². The molecule has 0 saturated carbocycles. The van der Waals surface area contributed by atoms with E-state index in [4.69, 9.17) is 4.74 Å². The fourth-order valence-electron chi connectivity index (χ4n) is 2.37. The molecule has 1 atom stereocenters. The molecule has 0 radical (unpaired) electrons. The first-order valence-electron chi connectivity index (χ1n) is 7.51. The summed E-state index contributed by atoms with van der Waals surface area (Å²) in [5.74, 6) is -0.811. The van der Waals surface area contributed by atoms with Crippen molar-refractivity contribution in [3.8, 4) is 0 Å². The van der Waals surface area contributed by atoms with E-state index >= 15 is 0 Å². The highest BCUT2D eigenvalue weighted by Gasteiger charge is 2.31. The van der Waals surface area contributed by atoms with E-state index in [2.05, 4.69) is 10.0 Å². The molecule has 1 aliphatic rings. The predicted molar refractivity (Wildman–Crippen MR) is 93.1 cm³/mol. The van der Waals surface area contributed by atoms with Gasteiger partial charge in [0.1, 0.15) is 6.04 Å². The van der Waals surface area contributed by atoms with E-state index in [-0.39, 0.29) is 17.4 Å². The van der Waals surface area contributed by atoms with E-state index in [0.29, 0.717) is 17.0 Å². The van der Waals surface area contributed by atoms with Gasteiger partial charge in [-0.05, 0) is 48.2 Å². The van der Waals surface area contributed by atoms with E-state index in [1.165, 1.54) is 35.6 Å². The number of amides is 1. The molecule has 25 heavy (non-hydrogen) atoms. The molecule has 1 unspecified atom stereocenters. The van der Waals surface area contributed by atoms with E-state index in [1.807, 2.05) is 18.4 Å². The van der Waals surface area contributed by atoms with Gasteiger partial charge in [-0.25, -0.2) is 8.42 Å². The smallest absolute Gasteiger partial charge is 0.324 e. The van der Waals surface area contributed by atoms with E-state index in [1.54, 1.807) is 0 Å². The quantitative estimate of drug-likeness (QED) is 0.772. The molecule has 132 valence electrons. The molecule has 2 N–H and O–H groups in total. The third kappa shape index (κ3) is 3.89. The van der Waals surface area contributed by atoms with Crippen LogP contribution in [0, 0.1) is 6.92 Å². The largest absolute Gasteiger partial charge is 0.464 e. The van der Waals surface area contributed by atoms with Crippen LogP contribution in [-0.4, -0.2) is 32.9 Å². The van der Waals surface area contributed by atoms with Crippen molar-refractivity contribution in [3.63, 3.8) is 0 Å². The Hall–Kier alpha value is -2.23. The fraction of sp³-hybridized carbons (Fsp3) is 0.250. The summed E-state index contributed by atoms with van der Waals surface area (Å²) in [5, 5.41) is 4.56. The maximum absolute atomic E-state index is 12.3. The predicted octanol–water partition coefficient (Wildman–Crippen LogP) is 1.90. The minimum atomic E-state index is -3.83. The minimum Gasteiger partial charge on any atom is -0.464 e. The van der Waals surface area contributed by atoms with Gasteiger partial charge in [-0.3, -0.25) is 9.59 Å². The summed E-state index contributed by atoms with van der Waals surface area (Å²) >= 11 is 1.34. The number of rotatable bonds is 5. The zero-order valence-corrected chi connectivity index (χ0v) is 14.9. The fourth-order valence-corrected chi connectivity index (χ4v) is 4.41. The number of sulfonamides is 1. The second-order valence-corrected chi connectivity index (χ2v) is 8.17. The Morgan fingerprint density at radius 2 is 1.96 bits per heavy atom. The van der Waals surface area contributed by atoms with Gasteiger partial charge < -0.3 is 10.1 Å². The second kappa shape index (κ2) is 6.95. The van der Waals surface area contributed by atoms with Gasteiger partial charge in [0.15, 0.2) is 0 Å². The summed E-state index contributed by atoms with van der Waals surface area (Å²) in [6, 6.07) is 6.75. The number of thiophene rings is 1. The number of aryl methyl sites for hydroxylation is 1. The number of carbonyl (C=O) groups excluding carboxylic acids is 2. The number of anilines is 1. The molecule has 1 aliphatic heterocycles. The summed E-state index contributed by atoms with van der Waals surface area (Å²) < 4.78 is 31.7. The van der Waals surface area contributed by atoms with Gasteiger partial charge in [-0.1, -0.05) is 0 Å². The minimum absolute atomic E-state index is 0.0116. The molecular weight excluding hydrogens is 364 g/mol. The Morgan fingerprint density at radius 1 is 1.24 bits per heavy atom. The highest BCUT2D eigenvalue weighted by Crippen LogP contribution is 2.20. The van der Waals surface area contributed by atoms with Crippen LogP contribution in [0.1, 0.15) is 21.7 Å². The van der Waals surface area contributed by atoms with Crippen LogP contribution in [-0.2, 0) is 19.6 Å². The second-order valence-electron chi connectivity index (χ2n) is 5.54. The summed E-state index contributed by atoms with van der Waals surface area (Å²) in [5.41, 5.74) is 1.37. The molecule has 1 fully saturated rings. The van der Waals surface area contributed by atoms with Crippen molar-refractivity contribution >= 4 is 38.9 Å². The molecule has 0 aliphatic carbocycles. The van der Waals surface area contributed by atoms with E-state index in [9.17, 15) is 18.0 Å². The van der Waals surface area contributed by atoms with Gasteiger partial charge in [0.25, 0.3) is 5.91 Å². The van der Waals surface area contributed by atoms with Gasteiger partial charge in [0.2, 0.25) is 10.0 Å². The van der Waals surface area contributed by atoms with Gasteiger partial charge in [-0.2, -0.15) is 4.72 Å². The van der Waals surface area contributed by atoms with Gasteiger partial charge in [0.05, 0.1) is 16.4 Å². The molecule has 0 spiro atoms. The first kappa shape index (κ1) is 17.6. The van der Waals surface area contributed by atoms with Gasteiger partial charge in [0, 0.05) is 12.1 Å². The lowest BCUT2D eigenvalue weighted by Crippen LogP contribution is -2.37. The third-order valence-electron chi connectivity index (χ3n) is 3.72. The van der Waals surface area contributed by atoms with Crippen molar-refractivity contribution in [2.24, 2.45) is 0 Å². The lowest BCUT2D eigenvalue weighted by Gasteiger charge is -2.11. The number of cyclic esters (lactones) is 1. The Balaban J connectivity index is 1.70. The topological polar surface area (TPSA) is 102 Å². The maximum atomic E-state index is 12.3. The highest BCUT2D eigenvalue weighted by molar-refractivity contribution is 7.89. The van der Waals surface area contributed by atoms with Crippen molar-refractivity contribution in [1.29, 1.82) is 0 Å². The first-order chi connectivity index (χ1) is 11.9. The number of esters is 1. The normalized spacial score (nSPS) is 17.3. The molecule has 3 rings (SSSR count). The Kier molecular flexibility index (Phi) is 4.89. The van der Waals surface area contributed by atoms with Crippen LogP contribution in [0.15, 0.2) is 40.6 Å². The lowest BCUT2D eigenvalue weighted by molar-refractivity contribution is -0.139. The number of hydrogen-bond acceptors (Lipinski definition) is 6. The van der Waals surface area contributed by atoms with Crippen LogP contribution < -0.4 is 10.0 Å². The zero-order chi connectivity index (χ0) is 18.0. The van der Waals surface area contributed by atoms with Crippen molar-refractivity contribution in [2.75, 3.05) is 11.9 Å². The van der Waals surface area contributed by atoms with E-state index < -0.39 is 22.0 Å². The van der Waals surface area contributed by atoms with Gasteiger partial charge >= 0.3 is 5.97 Å². The first-order valence-corrected chi connectivity index (χ1v) is 9.87. The van der Waals surface area contributed by atoms with E-state index in [0.717, 1.165) is 5.56 Å². The zero-order valence-electron chi connectivity index (χ0n) is 13.3. The Labute approximate surface area is 149 Å². The average Bonchev–Trinajstić information content (AvgIpc) is 3.16. The third-order valence-corrected chi connectivity index (χ3v) is 6.23. The summed E-state index contributed by atoms with van der Waals surface area (Å²) in [6.45, 7) is 2.06. The Bertz CT molecular complexity index is 903.